The molecule has 0 saturated heterocycles. The minimum Gasteiger partial charge on any atom is -0.399 e. The second kappa shape index (κ2) is 6.37. The zero-order valence-corrected chi connectivity index (χ0v) is 13.3. The van der Waals surface area contributed by atoms with Crippen LogP contribution in [0, 0.1) is 6.92 Å². The Balaban J connectivity index is 2.16. The molecule has 0 aliphatic rings. The lowest BCUT2D eigenvalue weighted by atomic mass is 10.1. The van der Waals surface area contributed by atoms with E-state index in [0.717, 1.165) is 11.1 Å². The Hall–Kier alpha value is -1.71. The van der Waals surface area contributed by atoms with Crippen molar-refractivity contribution in [1.82, 2.24) is 5.32 Å². The van der Waals surface area contributed by atoms with Crippen LogP contribution < -0.4 is 11.1 Å². The molecule has 1 amide bonds. The molecule has 21 heavy (non-hydrogen) atoms. The average molecular weight is 323 g/mol. The Morgan fingerprint density at radius 2 is 1.90 bits per heavy atom. The molecule has 0 heterocycles. The summed E-state index contributed by atoms with van der Waals surface area (Å²) in [4.78, 5) is 12.2. The van der Waals surface area contributed by atoms with Gasteiger partial charge in [-0.15, -0.1) is 0 Å². The maximum atomic E-state index is 12.2. The van der Waals surface area contributed by atoms with Crippen molar-refractivity contribution < 1.29 is 4.79 Å². The first-order valence-electron chi connectivity index (χ1n) is 6.50. The van der Waals surface area contributed by atoms with Crippen LogP contribution in [0.1, 0.15) is 34.5 Å². The lowest BCUT2D eigenvalue weighted by molar-refractivity contribution is 0.0940. The molecule has 3 nitrogen and oxygen atoms in total. The SMILES string of the molecule is Cc1cc(C(=O)NC(C)c2ccc(Cl)cc2Cl)ccc1N. The Kier molecular flexibility index (Phi) is 4.76. The second-order valence-electron chi connectivity index (χ2n) is 4.93. The van der Waals surface area contributed by atoms with E-state index in [-0.39, 0.29) is 11.9 Å². The number of rotatable bonds is 3. The third-order valence-electron chi connectivity index (χ3n) is 3.31. The van der Waals surface area contributed by atoms with Crippen molar-refractivity contribution in [2.75, 3.05) is 5.73 Å². The van der Waals surface area contributed by atoms with Crippen molar-refractivity contribution in [3.05, 3.63) is 63.1 Å². The van der Waals surface area contributed by atoms with Gasteiger partial charge in [0.2, 0.25) is 0 Å². The Morgan fingerprint density at radius 1 is 1.19 bits per heavy atom. The fraction of sp³-hybridized carbons (Fsp3) is 0.188. The number of aryl methyl sites for hydroxylation is 1. The summed E-state index contributed by atoms with van der Waals surface area (Å²) < 4.78 is 0. The lowest BCUT2D eigenvalue weighted by Crippen LogP contribution is -2.26. The Morgan fingerprint density at radius 3 is 2.52 bits per heavy atom. The summed E-state index contributed by atoms with van der Waals surface area (Å²) in [5.41, 5.74) is 8.68. The molecule has 0 aliphatic heterocycles. The fourth-order valence-corrected chi connectivity index (χ4v) is 2.60. The van der Waals surface area contributed by atoms with Gasteiger partial charge in [-0.05, 0) is 55.3 Å². The summed E-state index contributed by atoms with van der Waals surface area (Å²) in [5.74, 6) is -0.170. The van der Waals surface area contributed by atoms with E-state index in [0.29, 0.717) is 21.3 Å². The molecule has 0 aliphatic carbocycles. The van der Waals surface area contributed by atoms with Gasteiger partial charge in [0.15, 0.2) is 0 Å². The normalized spacial score (nSPS) is 12.0. The average Bonchev–Trinajstić information content (AvgIpc) is 2.41. The molecule has 2 aromatic carbocycles. The number of carbonyl (C=O) groups is 1. The summed E-state index contributed by atoms with van der Waals surface area (Å²) in [7, 11) is 0. The molecule has 1 atom stereocenters. The number of anilines is 1. The molecule has 0 fully saturated rings. The number of carbonyl (C=O) groups excluding carboxylic acids is 1. The highest BCUT2D eigenvalue weighted by Crippen LogP contribution is 2.26. The quantitative estimate of drug-likeness (QED) is 0.824. The minimum atomic E-state index is -0.222. The topological polar surface area (TPSA) is 55.1 Å². The van der Waals surface area contributed by atoms with Crippen LogP contribution in [0.2, 0.25) is 10.0 Å². The highest BCUT2D eigenvalue weighted by atomic mass is 35.5. The molecule has 110 valence electrons. The highest BCUT2D eigenvalue weighted by molar-refractivity contribution is 6.35. The maximum Gasteiger partial charge on any atom is 0.251 e. The molecule has 2 rings (SSSR count). The summed E-state index contributed by atoms with van der Waals surface area (Å²) in [6.07, 6.45) is 0. The van der Waals surface area contributed by atoms with Crippen molar-refractivity contribution >= 4 is 34.8 Å². The van der Waals surface area contributed by atoms with Crippen LogP contribution in [-0.2, 0) is 0 Å². The van der Waals surface area contributed by atoms with E-state index < -0.39 is 0 Å². The first-order chi connectivity index (χ1) is 9.88. The van der Waals surface area contributed by atoms with E-state index in [9.17, 15) is 4.79 Å². The number of benzene rings is 2. The van der Waals surface area contributed by atoms with E-state index in [1.54, 1.807) is 30.3 Å². The zero-order chi connectivity index (χ0) is 15.6. The second-order valence-corrected chi connectivity index (χ2v) is 5.78. The third-order valence-corrected chi connectivity index (χ3v) is 3.87. The summed E-state index contributed by atoms with van der Waals surface area (Å²) in [5, 5.41) is 4.01. The number of nitrogens with two attached hydrogens (primary N) is 1. The van der Waals surface area contributed by atoms with Crippen LogP contribution in [0.5, 0.6) is 0 Å². The van der Waals surface area contributed by atoms with Crippen LogP contribution in [-0.4, -0.2) is 5.91 Å². The Bertz CT molecular complexity index is 686. The van der Waals surface area contributed by atoms with Gasteiger partial charge in [0.05, 0.1) is 6.04 Å². The van der Waals surface area contributed by atoms with E-state index in [2.05, 4.69) is 5.32 Å². The molecule has 0 radical (unpaired) electrons. The summed E-state index contributed by atoms with van der Waals surface area (Å²) in [6.45, 7) is 3.74. The highest BCUT2D eigenvalue weighted by Gasteiger charge is 2.14. The first-order valence-corrected chi connectivity index (χ1v) is 7.26. The van der Waals surface area contributed by atoms with E-state index in [1.165, 1.54) is 0 Å². The van der Waals surface area contributed by atoms with Crippen LogP contribution in [0.4, 0.5) is 5.69 Å². The van der Waals surface area contributed by atoms with E-state index in [1.807, 2.05) is 19.9 Å². The van der Waals surface area contributed by atoms with Gasteiger partial charge < -0.3 is 11.1 Å². The number of halogens is 2. The summed E-state index contributed by atoms with van der Waals surface area (Å²) in [6, 6.07) is 10.2. The molecule has 5 heteroatoms. The number of nitrogen functional groups attached to an aromatic ring is 1. The van der Waals surface area contributed by atoms with Crippen LogP contribution in [0.25, 0.3) is 0 Å². The molecule has 0 bridgehead atoms. The van der Waals surface area contributed by atoms with Crippen LogP contribution >= 0.6 is 23.2 Å². The monoisotopic (exact) mass is 322 g/mol. The lowest BCUT2D eigenvalue weighted by Gasteiger charge is -2.16. The van der Waals surface area contributed by atoms with Gasteiger partial charge >= 0.3 is 0 Å². The van der Waals surface area contributed by atoms with Crippen LogP contribution in [0.15, 0.2) is 36.4 Å². The number of amides is 1. The molecule has 0 saturated carbocycles. The predicted molar refractivity (Wildman–Crippen MR) is 87.9 cm³/mol. The van der Waals surface area contributed by atoms with E-state index >= 15 is 0 Å². The standard InChI is InChI=1S/C16H16Cl2N2O/c1-9-7-11(3-6-15(9)19)16(21)20-10(2)13-5-4-12(17)8-14(13)18/h3-8,10H,19H2,1-2H3,(H,20,21). The van der Waals surface area contributed by atoms with Crippen molar-refractivity contribution in [3.8, 4) is 0 Å². The maximum absolute atomic E-state index is 12.2. The van der Waals surface area contributed by atoms with Crippen molar-refractivity contribution in [1.29, 1.82) is 0 Å². The van der Waals surface area contributed by atoms with Gasteiger partial charge in [-0.25, -0.2) is 0 Å². The fourth-order valence-electron chi connectivity index (χ4n) is 2.03. The summed E-state index contributed by atoms with van der Waals surface area (Å²) >= 11 is 12.0. The van der Waals surface area contributed by atoms with Crippen molar-refractivity contribution in [2.45, 2.75) is 19.9 Å². The molecule has 0 aromatic heterocycles. The molecular weight excluding hydrogens is 307 g/mol. The van der Waals surface area contributed by atoms with Crippen molar-refractivity contribution in [2.24, 2.45) is 0 Å². The first kappa shape index (κ1) is 15.7. The largest absolute Gasteiger partial charge is 0.399 e. The third kappa shape index (κ3) is 3.69. The number of hydrogen-bond donors (Lipinski definition) is 2. The van der Waals surface area contributed by atoms with Crippen molar-refractivity contribution in [3.63, 3.8) is 0 Å². The molecule has 0 spiro atoms. The molecule has 2 aromatic rings. The van der Waals surface area contributed by atoms with Gasteiger partial charge in [-0.2, -0.15) is 0 Å². The van der Waals surface area contributed by atoms with Gasteiger partial charge in [0.25, 0.3) is 5.91 Å². The van der Waals surface area contributed by atoms with Gasteiger partial charge in [-0.1, -0.05) is 29.3 Å². The molecule has 1 unspecified atom stereocenters. The zero-order valence-electron chi connectivity index (χ0n) is 11.8. The van der Waals surface area contributed by atoms with Gasteiger partial charge in [-0.3, -0.25) is 4.79 Å². The molecule has 3 N–H and O–H groups in total. The predicted octanol–water partition coefficient (Wildman–Crippen LogP) is 4.38. The van der Waals surface area contributed by atoms with Gasteiger partial charge in [0.1, 0.15) is 0 Å². The van der Waals surface area contributed by atoms with E-state index in [4.69, 9.17) is 28.9 Å². The smallest absolute Gasteiger partial charge is 0.251 e. The minimum absolute atomic E-state index is 0.170. The number of hydrogen-bond acceptors (Lipinski definition) is 2. The molecular formula is C16H16Cl2N2O. The van der Waals surface area contributed by atoms with Gasteiger partial charge in [0, 0.05) is 21.3 Å². The Labute approximate surface area is 134 Å². The number of nitrogens with one attached hydrogen (secondary N) is 1. The van der Waals surface area contributed by atoms with Crippen LogP contribution in [0.3, 0.4) is 0 Å².